The van der Waals surface area contributed by atoms with Crippen LogP contribution < -0.4 is 10.2 Å². The summed E-state index contributed by atoms with van der Waals surface area (Å²) in [5.41, 5.74) is 0.335. The van der Waals surface area contributed by atoms with Crippen LogP contribution in [0.25, 0.3) is 0 Å². The summed E-state index contributed by atoms with van der Waals surface area (Å²) in [5, 5.41) is 16.5. The maximum atomic E-state index is 11.9. The van der Waals surface area contributed by atoms with Gasteiger partial charge in [-0.1, -0.05) is 0 Å². The number of hydrogen-bond acceptors (Lipinski definition) is 4. The standard InChI is InChI=1S/C8H12N4O3/c1-6-7(10-15-12(6)14)8(13)11-4-2-9-3-5-11/h9H,2-5H2,1H3/p+1. The lowest BCUT2D eigenvalue weighted by atomic mass is 10.2. The van der Waals surface area contributed by atoms with Crippen molar-refractivity contribution in [3.05, 3.63) is 16.6 Å². The Morgan fingerprint density at radius 2 is 2.27 bits per heavy atom. The Morgan fingerprint density at radius 3 is 2.80 bits per heavy atom. The quantitative estimate of drug-likeness (QED) is 0.528. The summed E-state index contributed by atoms with van der Waals surface area (Å²) in [5.74, 6) is -0.223. The van der Waals surface area contributed by atoms with Gasteiger partial charge in [-0.05, 0) is 4.90 Å². The van der Waals surface area contributed by atoms with Crippen molar-refractivity contribution in [3.63, 3.8) is 0 Å². The van der Waals surface area contributed by atoms with Crippen LogP contribution in [0.3, 0.4) is 0 Å². The van der Waals surface area contributed by atoms with E-state index >= 15 is 0 Å². The topological polar surface area (TPSA) is 89.9 Å². The molecule has 82 valence electrons. The molecule has 0 aromatic carbocycles. The fourth-order valence-electron chi connectivity index (χ4n) is 1.59. The van der Waals surface area contributed by atoms with Crippen molar-refractivity contribution in [2.75, 3.05) is 26.2 Å². The molecule has 1 aliphatic rings. The van der Waals surface area contributed by atoms with Crippen molar-refractivity contribution in [3.8, 4) is 0 Å². The number of amides is 1. The van der Waals surface area contributed by atoms with E-state index in [1.807, 2.05) is 0 Å². The highest BCUT2D eigenvalue weighted by Gasteiger charge is 2.29. The van der Waals surface area contributed by atoms with Crippen molar-refractivity contribution < 1.29 is 19.6 Å². The fourth-order valence-corrected chi connectivity index (χ4v) is 1.59. The number of nitrogens with zero attached hydrogens (tertiary/aromatic N) is 3. The summed E-state index contributed by atoms with van der Waals surface area (Å²) >= 11 is 0. The molecule has 0 atom stereocenters. The highest BCUT2D eigenvalue weighted by atomic mass is 16.8. The van der Waals surface area contributed by atoms with Crippen molar-refractivity contribution in [1.29, 1.82) is 0 Å². The average molecular weight is 213 g/mol. The van der Waals surface area contributed by atoms with Gasteiger partial charge in [0.2, 0.25) is 5.69 Å². The van der Waals surface area contributed by atoms with Crippen LogP contribution in [0.1, 0.15) is 16.2 Å². The van der Waals surface area contributed by atoms with E-state index in [0.29, 0.717) is 13.1 Å². The molecule has 0 spiro atoms. The average Bonchev–Trinajstić information content (AvgIpc) is 2.60. The van der Waals surface area contributed by atoms with E-state index in [1.54, 1.807) is 4.90 Å². The third-order valence-corrected chi connectivity index (χ3v) is 2.52. The van der Waals surface area contributed by atoms with Crippen LogP contribution >= 0.6 is 0 Å². The van der Waals surface area contributed by atoms with Gasteiger partial charge in [0.1, 0.15) is 0 Å². The molecule has 0 aliphatic carbocycles. The zero-order valence-corrected chi connectivity index (χ0v) is 8.47. The van der Waals surface area contributed by atoms with Gasteiger partial charge in [0.15, 0.2) is 0 Å². The molecule has 2 N–H and O–H groups in total. The van der Waals surface area contributed by atoms with E-state index in [2.05, 4.69) is 15.1 Å². The Labute approximate surface area is 86.2 Å². The van der Waals surface area contributed by atoms with Crippen molar-refractivity contribution in [2.45, 2.75) is 6.92 Å². The molecule has 0 bridgehead atoms. The number of aromatic nitrogens is 2. The number of hydrogen-bond donors (Lipinski definition) is 1. The third kappa shape index (κ3) is 1.78. The van der Waals surface area contributed by atoms with Gasteiger partial charge < -0.3 is 15.4 Å². The number of piperazine rings is 1. The van der Waals surface area contributed by atoms with E-state index in [1.165, 1.54) is 6.92 Å². The second-order valence-corrected chi connectivity index (χ2v) is 3.52. The predicted octanol–water partition coefficient (Wildman–Crippen LogP) is -2.36. The molecule has 2 rings (SSSR count). The molecule has 0 saturated carbocycles. The molecule has 1 aliphatic heterocycles. The van der Waals surface area contributed by atoms with Gasteiger partial charge in [0.25, 0.3) is 0 Å². The molecule has 7 heteroatoms. The van der Waals surface area contributed by atoms with Gasteiger partial charge in [-0.2, -0.15) is 0 Å². The number of carbonyl (C=O) groups is 1. The Balaban J connectivity index is 2.16. The van der Waals surface area contributed by atoms with Crippen LogP contribution in [0.4, 0.5) is 0 Å². The van der Waals surface area contributed by atoms with Crippen molar-refractivity contribution >= 4 is 5.91 Å². The molecule has 0 radical (unpaired) electrons. The van der Waals surface area contributed by atoms with Crippen LogP contribution in [0.2, 0.25) is 0 Å². The zero-order chi connectivity index (χ0) is 10.8. The largest absolute Gasteiger partial charge is 0.359 e. The number of nitrogens with two attached hydrogens (primary N) is 1. The lowest BCUT2D eigenvalue weighted by Crippen LogP contribution is -2.89. The predicted molar refractivity (Wildman–Crippen MR) is 47.8 cm³/mol. The molecule has 1 aromatic heterocycles. The highest BCUT2D eigenvalue weighted by Crippen LogP contribution is 2.04. The summed E-state index contributed by atoms with van der Waals surface area (Å²) in [7, 11) is 0. The molecule has 7 nitrogen and oxygen atoms in total. The zero-order valence-electron chi connectivity index (χ0n) is 8.47. The first-order valence-electron chi connectivity index (χ1n) is 4.87. The summed E-state index contributed by atoms with van der Waals surface area (Å²) < 4.78 is 4.36. The van der Waals surface area contributed by atoms with Gasteiger partial charge in [-0.3, -0.25) is 9.42 Å². The number of carbonyl (C=O) groups excluding carboxylic acids is 1. The van der Waals surface area contributed by atoms with Crippen LogP contribution in [0, 0.1) is 12.1 Å². The highest BCUT2D eigenvalue weighted by molar-refractivity contribution is 5.92. The number of rotatable bonds is 1. The van der Waals surface area contributed by atoms with Crippen molar-refractivity contribution in [1.82, 2.24) is 10.1 Å². The van der Waals surface area contributed by atoms with Gasteiger partial charge in [-0.15, -0.1) is 0 Å². The smallest absolute Gasteiger partial charge is 0.308 e. The van der Waals surface area contributed by atoms with Crippen molar-refractivity contribution in [2.24, 2.45) is 0 Å². The minimum absolute atomic E-state index is 0.118. The summed E-state index contributed by atoms with van der Waals surface area (Å²) in [6, 6.07) is 0. The fraction of sp³-hybridized carbons (Fsp3) is 0.625. The van der Waals surface area contributed by atoms with Crippen LogP contribution in [0.5, 0.6) is 0 Å². The maximum absolute atomic E-state index is 11.9. The second kappa shape index (κ2) is 3.85. The summed E-state index contributed by atoms with van der Waals surface area (Å²) in [6.07, 6.45) is 0. The Kier molecular flexibility index (Phi) is 2.55. The molecule has 1 saturated heterocycles. The monoisotopic (exact) mass is 213 g/mol. The van der Waals surface area contributed by atoms with Crippen LogP contribution in [0.15, 0.2) is 4.63 Å². The number of quaternary nitrogens is 1. The molecule has 1 fully saturated rings. The van der Waals surface area contributed by atoms with Gasteiger partial charge in [-0.25, -0.2) is 0 Å². The van der Waals surface area contributed by atoms with Crippen LogP contribution in [-0.4, -0.2) is 42.1 Å². The molecule has 2 heterocycles. The normalized spacial score (nSPS) is 16.7. The minimum Gasteiger partial charge on any atom is -0.359 e. The lowest BCUT2D eigenvalue weighted by molar-refractivity contribution is -0.806. The molecule has 1 aromatic rings. The first-order chi connectivity index (χ1) is 7.20. The van der Waals surface area contributed by atoms with E-state index in [-0.39, 0.29) is 22.2 Å². The van der Waals surface area contributed by atoms with E-state index in [9.17, 15) is 10.0 Å². The SMILES string of the molecule is Cc1c(C(=O)N2CC[NH2+]CC2)no[n+]1[O-]. The molecular formula is C8H13N4O3+. The van der Waals surface area contributed by atoms with E-state index in [0.717, 1.165) is 13.1 Å². The van der Waals surface area contributed by atoms with E-state index in [4.69, 9.17) is 0 Å². The first kappa shape index (κ1) is 9.91. The van der Waals surface area contributed by atoms with Gasteiger partial charge in [0, 0.05) is 6.92 Å². The van der Waals surface area contributed by atoms with Gasteiger partial charge in [0.05, 0.1) is 31.3 Å². The minimum atomic E-state index is -0.223. The van der Waals surface area contributed by atoms with E-state index < -0.39 is 0 Å². The Bertz CT molecular complexity index is 370. The third-order valence-electron chi connectivity index (χ3n) is 2.52. The van der Waals surface area contributed by atoms with Gasteiger partial charge >= 0.3 is 11.6 Å². The maximum Gasteiger partial charge on any atom is 0.308 e. The lowest BCUT2D eigenvalue weighted by Gasteiger charge is -2.23. The first-order valence-corrected chi connectivity index (χ1v) is 4.87. The Morgan fingerprint density at radius 1 is 1.60 bits per heavy atom. The molecular weight excluding hydrogens is 200 g/mol. The summed E-state index contributed by atoms with van der Waals surface area (Å²) in [4.78, 5) is 13.8. The molecule has 0 unspecified atom stereocenters. The molecule has 15 heavy (non-hydrogen) atoms. The Hall–Kier alpha value is -1.63. The summed E-state index contributed by atoms with van der Waals surface area (Å²) in [6.45, 7) is 4.67. The molecule has 1 amide bonds. The second-order valence-electron chi connectivity index (χ2n) is 3.52. The van der Waals surface area contributed by atoms with Crippen LogP contribution in [-0.2, 0) is 0 Å².